The van der Waals surface area contributed by atoms with Gasteiger partial charge >= 0.3 is 11.7 Å². The molecule has 0 fully saturated rings. The van der Waals surface area contributed by atoms with Crippen molar-refractivity contribution < 1.29 is 16.6 Å². The molecule has 1 spiro atoms. The number of hydrogen-bond donors (Lipinski definition) is 0. The zero-order valence-corrected chi connectivity index (χ0v) is 38.8. The highest BCUT2D eigenvalue weighted by atomic mass is 16.5. The van der Waals surface area contributed by atoms with E-state index < -0.39 is 17.6 Å². The van der Waals surface area contributed by atoms with Gasteiger partial charge in [-0.05, 0) is 135 Å². The fourth-order valence-corrected chi connectivity index (χ4v) is 11.2. The SMILES string of the molecule is [2H]C(C)(C)c1cccc(C([2H])(C)C)c1-c1ccc(-n2c3[n+]4c5c(cccc52)-c2cc(-c5ccccc5)cc5c2C4(Oc2c(C)cc(C)cc2-3)[n+]2ccc(-c3ccc(C(C)(C)C)cc3)cc2-5)cc1. The average molecular weight is 848 g/mol. The van der Waals surface area contributed by atoms with Crippen LogP contribution in [0.4, 0.5) is 0 Å². The van der Waals surface area contributed by atoms with Gasteiger partial charge in [0.15, 0.2) is 23.0 Å². The van der Waals surface area contributed by atoms with Gasteiger partial charge < -0.3 is 4.74 Å². The summed E-state index contributed by atoms with van der Waals surface area (Å²) < 4.78 is 33.5. The molecule has 318 valence electrons. The van der Waals surface area contributed by atoms with Crippen molar-refractivity contribution in [2.24, 2.45) is 0 Å². The second kappa shape index (κ2) is 14.0. The van der Waals surface area contributed by atoms with E-state index in [0.717, 1.165) is 101 Å². The van der Waals surface area contributed by atoms with Crippen molar-refractivity contribution in [3.05, 3.63) is 191 Å². The fraction of sp³-hybridized carbons (Fsp3) is 0.213. The molecule has 9 aromatic rings. The molecule has 0 bridgehead atoms. The van der Waals surface area contributed by atoms with E-state index in [2.05, 4.69) is 188 Å². The Morgan fingerprint density at radius 3 is 1.95 bits per heavy atom. The Hall–Kier alpha value is -7.04. The molecule has 3 aliphatic heterocycles. The van der Waals surface area contributed by atoms with Crippen molar-refractivity contribution in [3.8, 4) is 78.6 Å². The molecule has 3 aliphatic rings. The molecule has 0 amide bonds. The second-order valence-electron chi connectivity index (χ2n) is 19.9. The highest BCUT2D eigenvalue weighted by Gasteiger charge is 2.68. The Kier molecular flexibility index (Phi) is 8.03. The first-order valence-corrected chi connectivity index (χ1v) is 23.0. The van der Waals surface area contributed by atoms with Gasteiger partial charge in [0.25, 0.3) is 0 Å². The predicted molar refractivity (Wildman–Crippen MR) is 266 cm³/mol. The van der Waals surface area contributed by atoms with Crippen LogP contribution in [-0.2, 0) is 11.3 Å². The van der Waals surface area contributed by atoms with Gasteiger partial charge in [-0.1, -0.05) is 146 Å². The molecule has 12 rings (SSSR count). The number of benzene rings is 7. The molecule has 7 aromatic carbocycles. The maximum Gasteiger partial charge on any atom is 0.499 e. The summed E-state index contributed by atoms with van der Waals surface area (Å²) in [5, 5.41) is 0. The van der Waals surface area contributed by atoms with E-state index in [4.69, 9.17) is 4.74 Å². The van der Waals surface area contributed by atoms with Crippen molar-refractivity contribution in [2.75, 3.05) is 0 Å². The van der Waals surface area contributed by atoms with Crippen molar-refractivity contribution in [2.45, 2.75) is 85.4 Å². The monoisotopic (exact) mass is 847 g/mol. The summed E-state index contributed by atoms with van der Waals surface area (Å²) in [5.41, 5.74) is 22.0. The van der Waals surface area contributed by atoms with Crippen molar-refractivity contribution in [1.29, 1.82) is 0 Å². The largest absolute Gasteiger partial charge is 0.499 e. The predicted octanol–water partition coefficient (Wildman–Crippen LogP) is 14.6. The first-order chi connectivity index (χ1) is 31.9. The van der Waals surface area contributed by atoms with E-state index in [-0.39, 0.29) is 5.41 Å². The Morgan fingerprint density at radius 1 is 0.600 bits per heavy atom. The Morgan fingerprint density at radius 2 is 1.26 bits per heavy atom. The molecule has 1 unspecified atom stereocenters. The Balaban J connectivity index is 1.16. The van der Waals surface area contributed by atoms with Gasteiger partial charge in [0, 0.05) is 26.0 Å². The molecule has 0 radical (unpaired) electrons. The topological polar surface area (TPSA) is 21.9 Å². The fourth-order valence-electron chi connectivity index (χ4n) is 11.2. The van der Waals surface area contributed by atoms with Gasteiger partial charge in [-0.2, -0.15) is 4.57 Å². The van der Waals surface area contributed by atoms with E-state index in [9.17, 15) is 2.74 Å². The number of ether oxygens (including phenoxy) is 1. The summed E-state index contributed by atoms with van der Waals surface area (Å²) >= 11 is 0. The summed E-state index contributed by atoms with van der Waals surface area (Å²) in [6, 6.07) is 55.4. The molecule has 0 aliphatic carbocycles. The van der Waals surface area contributed by atoms with Crippen LogP contribution in [0.25, 0.3) is 83.9 Å². The molecule has 4 heteroatoms. The minimum absolute atomic E-state index is 0.0594. The number of para-hydroxylation sites is 1. The zero-order chi connectivity index (χ0) is 46.5. The molecule has 65 heavy (non-hydrogen) atoms. The number of rotatable bonds is 6. The highest BCUT2D eigenvalue weighted by Crippen LogP contribution is 2.55. The molecule has 4 nitrogen and oxygen atoms in total. The van der Waals surface area contributed by atoms with Crippen LogP contribution in [0.1, 0.15) is 96.4 Å². The molecule has 0 saturated carbocycles. The zero-order valence-electron chi connectivity index (χ0n) is 40.8. The lowest BCUT2D eigenvalue weighted by atomic mass is 9.85. The highest BCUT2D eigenvalue weighted by molar-refractivity contribution is 5.99. The summed E-state index contributed by atoms with van der Waals surface area (Å²) in [4.78, 5) is 0. The second-order valence-corrected chi connectivity index (χ2v) is 19.9. The molecule has 1 atom stereocenters. The Bertz CT molecular complexity index is 3510. The first-order valence-electron chi connectivity index (χ1n) is 24.0. The number of aryl methyl sites for hydroxylation is 2. The summed E-state index contributed by atoms with van der Waals surface area (Å²) in [7, 11) is 0. The standard InChI is InChI=1S/C61H55N3O/c1-36(2)47-17-13-18-48(37(3)4)55(47)42-23-27-46(28-24-42)63-53-20-14-19-49-50-33-44(40-15-11-10-12-16-40)34-51-54-35-43(41-21-25-45(26-22-41)60(7,8)9)29-30-62(54)61(56(50)51)64(57(49)53)59(63)52-32-38(5)31-39(6)58(52)65-61/h10-37H,1-9H3/q+2/i36D,37D. The van der Waals surface area contributed by atoms with E-state index in [1.54, 1.807) is 0 Å². The van der Waals surface area contributed by atoms with Crippen molar-refractivity contribution in [3.63, 3.8) is 0 Å². The minimum atomic E-state index is -1.09. The van der Waals surface area contributed by atoms with Gasteiger partial charge in [-0.25, -0.2) is 0 Å². The van der Waals surface area contributed by atoms with E-state index in [1.807, 2.05) is 45.9 Å². The minimum Gasteiger partial charge on any atom is -0.392 e. The number of hydrogen-bond acceptors (Lipinski definition) is 1. The lowest BCUT2D eigenvalue weighted by molar-refractivity contribution is -0.997. The van der Waals surface area contributed by atoms with Gasteiger partial charge in [-0.15, -0.1) is 9.13 Å². The van der Waals surface area contributed by atoms with Crippen LogP contribution in [0.5, 0.6) is 5.75 Å². The van der Waals surface area contributed by atoms with Crippen LogP contribution in [0.15, 0.2) is 158 Å². The maximum atomic E-state index is 9.17. The number of fused-ring (bicyclic) bond motifs is 5. The van der Waals surface area contributed by atoms with Crippen LogP contribution in [0, 0.1) is 13.8 Å². The summed E-state index contributed by atoms with van der Waals surface area (Å²) in [6.45, 7) is 18.9. The van der Waals surface area contributed by atoms with E-state index >= 15 is 0 Å². The number of imidazole rings is 1. The van der Waals surface area contributed by atoms with Crippen LogP contribution in [0.3, 0.4) is 0 Å². The summed E-state index contributed by atoms with van der Waals surface area (Å²) in [5.74, 6) is -0.883. The lowest BCUT2D eigenvalue weighted by Gasteiger charge is -2.33. The molecule has 0 N–H and O–H groups in total. The van der Waals surface area contributed by atoms with Crippen LogP contribution < -0.4 is 13.9 Å². The third-order valence-electron chi connectivity index (χ3n) is 14.2. The average Bonchev–Trinajstić information content (AvgIpc) is 3.80. The van der Waals surface area contributed by atoms with Crippen LogP contribution >= 0.6 is 0 Å². The molecule has 5 heterocycles. The summed E-state index contributed by atoms with van der Waals surface area (Å²) in [6.07, 6.45) is 2.25. The third-order valence-corrected chi connectivity index (χ3v) is 14.2. The van der Waals surface area contributed by atoms with E-state index in [1.165, 1.54) is 22.3 Å². The van der Waals surface area contributed by atoms with Crippen LogP contribution in [-0.4, -0.2) is 4.57 Å². The van der Waals surface area contributed by atoms with Gasteiger partial charge in [0.1, 0.15) is 16.8 Å². The third kappa shape index (κ3) is 5.62. The number of aromatic nitrogens is 3. The molecular weight excluding hydrogens is 791 g/mol. The lowest BCUT2D eigenvalue weighted by Crippen LogP contribution is -2.78. The normalized spacial score (nSPS) is 16.1. The van der Waals surface area contributed by atoms with Gasteiger partial charge in [0.2, 0.25) is 5.69 Å². The molecule has 0 saturated heterocycles. The maximum absolute atomic E-state index is 9.17. The first kappa shape index (κ1) is 37.3. The van der Waals surface area contributed by atoms with E-state index in [0.29, 0.717) is 0 Å². The quantitative estimate of drug-likeness (QED) is 0.153. The number of nitrogens with zero attached hydrogens (tertiary/aromatic N) is 3. The smallest absolute Gasteiger partial charge is 0.392 e. The van der Waals surface area contributed by atoms with Gasteiger partial charge in [-0.3, -0.25) is 0 Å². The van der Waals surface area contributed by atoms with Crippen LogP contribution in [0.2, 0.25) is 0 Å². The molecular formula is C61H55N3O+2. The van der Waals surface area contributed by atoms with Crippen molar-refractivity contribution in [1.82, 2.24) is 4.57 Å². The molecule has 2 aromatic heterocycles. The Labute approximate surface area is 385 Å². The number of pyridine rings is 1. The van der Waals surface area contributed by atoms with Gasteiger partial charge in [0.05, 0.1) is 5.56 Å². The van der Waals surface area contributed by atoms with Crippen molar-refractivity contribution >= 4 is 11.0 Å².